The number of carbonyl (C=O) groups excluding carboxylic acids is 1. The van der Waals surface area contributed by atoms with E-state index in [1.54, 1.807) is 25.1 Å². The maximum atomic E-state index is 13.7. The summed E-state index contributed by atoms with van der Waals surface area (Å²) in [5, 5.41) is 10.3. The molecular formula is C28H32ClN3O7S2. The molecular weight excluding hydrogens is 590 g/mol. The molecule has 3 aromatic carbocycles. The number of halogens is 1. The van der Waals surface area contributed by atoms with Crippen molar-refractivity contribution in [1.82, 2.24) is 9.21 Å². The summed E-state index contributed by atoms with van der Waals surface area (Å²) in [5.74, 6) is -0.896. The minimum Gasteiger partial charge on any atom is -0.486 e. The Hall–Kier alpha value is -3.16. The van der Waals surface area contributed by atoms with Crippen LogP contribution in [0.15, 0.2) is 82.6 Å². The number of anilines is 1. The highest BCUT2D eigenvalue weighted by Gasteiger charge is 2.36. The highest BCUT2D eigenvalue weighted by Crippen LogP contribution is 2.36. The number of nitrogens with one attached hydrogen (secondary N) is 1. The summed E-state index contributed by atoms with van der Waals surface area (Å²) in [4.78, 5) is 15.2. The second-order valence-electron chi connectivity index (χ2n) is 9.96. The van der Waals surface area contributed by atoms with E-state index >= 15 is 0 Å². The fourth-order valence-electron chi connectivity index (χ4n) is 4.48. The number of nitrogens with zero attached hydrogens (tertiary/aromatic N) is 2. The van der Waals surface area contributed by atoms with Crippen molar-refractivity contribution in [2.75, 3.05) is 31.5 Å². The van der Waals surface area contributed by atoms with E-state index in [0.29, 0.717) is 5.02 Å². The molecule has 13 heteroatoms. The summed E-state index contributed by atoms with van der Waals surface area (Å²) >= 11 is 5.92. The normalized spacial score (nSPS) is 18.7. The molecule has 3 atom stereocenters. The molecule has 0 aliphatic carbocycles. The minimum absolute atomic E-state index is 0.00933. The van der Waals surface area contributed by atoms with Gasteiger partial charge in [-0.1, -0.05) is 42.8 Å². The number of hydrogen-bond donors (Lipinski definition) is 2. The van der Waals surface area contributed by atoms with Crippen LogP contribution in [0.25, 0.3) is 0 Å². The number of aliphatic hydroxyl groups excluding tert-OH is 1. The lowest BCUT2D eigenvalue weighted by molar-refractivity contribution is 0.0389. The molecule has 1 aliphatic heterocycles. The highest BCUT2D eigenvalue weighted by atomic mass is 35.5. The molecule has 41 heavy (non-hydrogen) atoms. The molecule has 4 rings (SSSR count). The first-order chi connectivity index (χ1) is 19.3. The van der Waals surface area contributed by atoms with Crippen molar-refractivity contribution in [2.24, 2.45) is 5.92 Å². The van der Waals surface area contributed by atoms with Crippen molar-refractivity contribution in [1.29, 1.82) is 0 Å². The van der Waals surface area contributed by atoms with Crippen LogP contribution in [0.2, 0.25) is 5.02 Å². The lowest BCUT2D eigenvalue weighted by atomic mass is 9.99. The molecule has 0 spiro atoms. The zero-order chi connectivity index (χ0) is 29.9. The Morgan fingerprint density at radius 3 is 2.32 bits per heavy atom. The molecule has 1 amide bonds. The van der Waals surface area contributed by atoms with E-state index in [1.807, 2.05) is 6.92 Å². The van der Waals surface area contributed by atoms with E-state index in [-0.39, 0.29) is 46.5 Å². The number of hydrogen-bond acceptors (Lipinski definition) is 7. The predicted molar refractivity (Wildman–Crippen MR) is 156 cm³/mol. The Balaban J connectivity index is 1.76. The SMILES string of the molecule is C[C@@H]1CN([C@H](C)CO)C(=O)c2cccc(NS(=O)(=O)c3ccc(Cl)cc3)c2O[C@H]1CN(C)S(=O)(=O)c1ccccc1. The van der Waals surface area contributed by atoms with Gasteiger partial charge in [-0.05, 0) is 55.5 Å². The van der Waals surface area contributed by atoms with E-state index in [9.17, 15) is 26.7 Å². The number of benzene rings is 3. The second kappa shape index (κ2) is 12.4. The highest BCUT2D eigenvalue weighted by molar-refractivity contribution is 7.92. The molecule has 0 unspecified atom stereocenters. The minimum atomic E-state index is -4.11. The Bertz CT molecular complexity index is 1600. The summed E-state index contributed by atoms with van der Waals surface area (Å²) in [7, 11) is -6.55. The standard InChI is InChI=1S/C28H32ClN3O7S2/c1-19-16-32(20(2)18-33)28(34)24-10-7-11-25(30-40(35,36)22-14-12-21(29)13-15-22)27(24)39-26(19)17-31(3)41(37,38)23-8-5-4-6-9-23/h4-15,19-20,26,30,33H,16-18H2,1-3H3/t19-,20-,26+/m1/s1. The third-order valence-electron chi connectivity index (χ3n) is 6.95. The average Bonchev–Trinajstić information content (AvgIpc) is 2.95. The van der Waals surface area contributed by atoms with Crippen molar-refractivity contribution in [3.63, 3.8) is 0 Å². The monoisotopic (exact) mass is 621 g/mol. The zero-order valence-electron chi connectivity index (χ0n) is 22.8. The Morgan fingerprint density at radius 2 is 1.68 bits per heavy atom. The van der Waals surface area contributed by atoms with Crippen molar-refractivity contribution in [3.8, 4) is 5.75 Å². The van der Waals surface area contributed by atoms with Crippen molar-refractivity contribution >= 4 is 43.2 Å². The Kier molecular flexibility index (Phi) is 9.29. The maximum absolute atomic E-state index is 13.7. The van der Waals surface area contributed by atoms with Gasteiger partial charge in [-0.3, -0.25) is 9.52 Å². The first kappa shape index (κ1) is 30.8. The maximum Gasteiger partial charge on any atom is 0.262 e. The van der Waals surface area contributed by atoms with Crippen molar-refractivity contribution in [3.05, 3.63) is 83.4 Å². The van der Waals surface area contributed by atoms with Gasteiger partial charge in [0.1, 0.15) is 6.10 Å². The van der Waals surface area contributed by atoms with Crippen LogP contribution < -0.4 is 9.46 Å². The predicted octanol–water partition coefficient (Wildman–Crippen LogP) is 3.68. The van der Waals surface area contributed by atoms with Gasteiger partial charge in [-0.25, -0.2) is 16.8 Å². The number of carbonyl (C=O) groups is 1. The first-order valence-corrected chi connectivity index (χ1v) is 16.2. The second-order valence-corrected chi connectivity index (χ2v) is 14.1. The quantitative estimate of drug-likeness (QED) is 0.372. The van der Waals surface area contributed by atoms with Gasteiger partial charge in [0, 0.05) is 24.5 Å². The number of ether oxygens (including phenoxy) is 1. The number of fused-ring (bicyclic) bond motifs is 1. The van der Waals surface area contributed by atoms with Crippen LogP contribution in [0.5, 0.6) is 5.75 Å². The molecule has 0 saturated heterocycles. The van der Waals surface area contributed by atoms with E-state index in [0.717, 1.165) is 0 Å². The molecule has 0 radical (unpaired) electrons. The van der Waals surface area contributed by atoms with Crippen LogP contribution >= 0.6 is 11.6 Å². The third-order valence-corrected chi connectivity index (χ3v) is 10.4. The molecule has 0 bridgehead atoms. The Labute approximate surface area is 245 Å². The number of amides is 1. The van der Waals surface area contributed by atoms with Crippen LogP contribution in [0.4, 0.5) is 5.69 Å². The van der Waals surface area contributed by atoms with Gasteiger partial charge < -0.3 is 14.7 Å². The molecule has 0 fully saturated rings. The average molecular weight is 622 g/mol. The molecule has 220 valence electrons. The number of para-hydroxylation sites is 1. The van der Waals surface area contributed by atoms with E-state index in [4.69, 9.17) is 16.3 Å². The number of likely N-dealkylation sites (N-methyl/N-ethyl adjacent to an activating group) is 1. The Morgan fingerprint density at radius 1 is 1.02 bits per heavy atom. The molecule has 1 heterocycles. The summed E-state index contributed by atoms with van der Waals surface area (Å²) in [5.41, 5.74) is 0.0853. The van der Waals surface area contributed by atoms with Crippen molar-refractivity contribution in [2.45, 2.75) is 35.8 Å². The van der Waals surface area contributed by atoms with Crippen LogP contribution in [-0.4, -0.2) is 75.9 Å². The molecule has 2 N–H and O–H groups in total. The van der Waals surface area contributed by atoms with Gasteiger partial charge in [0.15, 0.2) is 5.75 Å². The zero-order valence-corrected chi connectivity index (χ0v) is 25.2. The van der Waals surface area contributed by atoms with Gasteiger partial charge in [0.25, 0.3) is 15.9 Å². The summed E-state index contributed by atoms with van der Waals surface area (Å²) in [6, 6.07) is 17.5. The van der Waals surface area contributed by atoms with Crippen molar-refractivity contribution < 1.29 is 31.5 Å². The van der Waals surface area contributed by atoms with E-state index in [1.165, 1.54) is 70.9 Å². The summed E-state index contributed by atoms with van der Waals surface area (Å²) in [6.07, 6.45) is -0.792. The van der Waals surface area contributed by atoms with Gasteiger partial charge in [0.05, 0.1) is 40.2 Å². The molecule has 3 aromatic rings. The summed E-state index contributed by atoms with van der Waals surface area (Å²) < 4.78 is 63.1. The smallest absolute Gasteiger partial charge is 0.262 e. The molecule has 0 aromatic heterocycles. The molecule has 1 aliphatic rings. The van der Waals surface area contributed by atoms with E-state index in [2.05, 4.69) is 4.72 Å². The molecule has 10 nitrogen and oxygen atoms in total. The van der Waals surface area contributed by atoms with Gasteiger partial charge in [-0.15, -0.1) is 0 Å². The van der Waals surface area contributed by atoms with Gasteiger partial charge in [0.2, 0.25) is 10.0 Å². The lowest BCUT2D eigenvalue weighted by Crippen LogP contribution is -2.50. The van der Waals surface area contributed by atoms with Gasteiger partial charge >= 0.3 is 0 Å². The number of sulfonamides is 2. The topological polar surface area (TPSA) is 133 Å². The third kappa shape index (κ3) is 6.68. The fraction of sp³-hybridized carbons (Fsp3) is 0.321. The van der Waals surface area contributed by atoms with E-state index < -0.39 is 44.0 Å². The fourth-order valence-corrected chi connectivity index (χ4v) is 6.88. The largest absolute Gasteiger partial charge is 0.486 e. The number of aliphatic hydroxyl groups is 1. The van der Waals surface area contributed by atoms with Crippen LogP contribution in [-0.2, 0) is 20.0 Å². The van der Waals surface area contributed by atoms with Crippen LogP contribution in [0.3, 0.4) is 0 Å². The number of rotatable bonds is 9. The van der Waals surface area contributed by atoms with Crippen LogP contribution in [0, 0.1) is 5.92 Å². The summed E-state index contributed by atoms with van der Waals surface area (Å²) in [6.45, 7) is 3.28. The first-order valence-electron chi connectivity index (χ1n) is 12.9. The van der Waals surface area contributed by atoms with Gasteiger partial charge in [-0.2, -0.15) is 4.31 Å². The molecule has 0 saturated carbocycles. The van der Waals surface area contributed by atoms with Crippen LogP contribution in [0.1, 0.15) is 24.2 Å². The lowest BCUT2D eigenvalue weighted by Gasteiger charge is -2.38.